The summed E-state index contributed by atoms with van der Waals surface area (Å²) in [5.41, 5.74) is 4.62. The van der Waals surface area contributed by atoms with E-state index < -0.39 is 21.7 Å². The van der Waals surface area contributed by atoms with Crippen molar-refractivity contribution in [3.05, 3.63) is 52.5 Å². The second kappa shape index (κ2) is 7.45. The van der Waals surface area contributed by atoms with Crippen molar-refractivity contribution in [2.45, 2.75) is 4.90 Å². The van der Waals surface area contributed by atoms with Crippen LogP contribution in [0.4, 0.5) is 0 Å². The maximum atomic E-state index is 12.3. The summed E-state index contributed by atoms with van der Waals surface area (Å²) in [7, 11) is -3.51. The highest BCUT2D eigenvalue weighted by Gasteiger charge is 2.18. The molecule has 0 spiro atoms. The molecule has 0 saturated carbocycles. The van der Waals surface area contributed by atoms with Gasteiger partial charge in [-0.2, -0.15) is 0 Å². The summed E-state index contributed by atoms with van der Waals surface area (Å²) in [5, 5.41) is 0.0495. The third-order valence-electron chi connectivity index (χ3n) is 3.70. The van der Waals surface area contributed by atoms with E-state index in [4.69, 9.17) is 21.1 Å². The number of nitrogens with one attached hydrogen (secondary N) is 2. The van der Waals surface area contributed by atoms with Gasteiger partial charge in [0, 0.05) is 11.8 Å². The minimum absolute atomic E-state index is 0.0495. The molecule has 27 heavy (non-hydrogen) atoms. The summed E-state index contributed by atoms with van der Waals surface area (Å²) in [4.78, 5) is 24.4. The highest BCUT2D eigenvalue weighted by Crippen LogP contribution is 2.30. The van der Waals surface area contributed by atoms with Crippen molar-refractivity contribution in [1.29, 1.82) is 0 Å². The molecule has 2 N–H and O–H groups in total. The smallest absolute Gasteiger partial charge is 0.271 e. The number of fused-ring (bicyclic) bond motifs is 1. The average molecular weight is 411 g/mol. The molecule has 10 heteroatoms. The number of hydrazine groups is 1. The lowest BCUT2D eigenvalue weighted by Crippen LogP contribution is -2.41. The Morgan fingerprint density at radius 3 is 2.33 bits per heavy atom. The molecule has 0 radical (unpaired) electrons. The van der Waals surface area contributed by atoms with Crippen LogP contribution >= 0.6 is 11.6 Å². The van der Waals surface area contributed by atoms with Crippen molar-refractivity contribution < 1.29 is 27.5 Å². The number of halogens is 1. The Morgan fingerprint density at radius 2 is 1.63 bits per heavy atom. The van der Waals surface area contributed by atoms with Crippen molar-refractivity contribution in [2.75, 3.05) is 19.5 Å². The first kappa shape index (κ1) is 19.0. The Hall–Kier alpha value is -2.78. The summed E-state index contributed by atoms with van der Waals surface area (Å²) >= 11 is 5.95. The SMILES string of the molecule is CS(=O)(=O)c1ccc(Cl)c(C(=O)NNC(=O)c2ccc3c(c2)OCCO3)c1. The van der Waals surface area contributed by atoms with Crippen molar-refractivity contribution in [1.82, 2.24) is 10.9 Å². The van der Waals surface area contributed by atoms with Gasteiger partial charge in [-0.1, -0.05) is 11.6 Å². The molecule has 1 aliphatic heterocycles. The zero-order chi connectivity index (χ0) is 19.6. The van der Waals surface area contributed by atoms with Crippen molar-refractivity contribution in [2.24, 2.45) is 0 Å². The predicted molar refractivity (Wildman–Crippen MR) is 96.9 cm³/mol. The largest absolute Gasteiger partial charge is 0.486 e. The van der Waals surface area contributed by atoms with Crippen LogP contribution < -0.4 is 20.3 Å². The number of hydrogen-bond acceptors (Lipinski definition) is 6. The summed E-state index contributed by atoms with van der Waals surface area (Å²) < 4.78 is 34.0. The highest BCUT2D eigenvalue weighted by atomic mass is 35.5. The molecule has 0 atom stereocenters. The first-order valence-electron chi connectivity index (χ1n) is 7.75. The van der Waals surface area contributed by atoms with Gasteiger partial charge in [0.05, 0.1) is 15.5 Å². The summed E-state index contributed by atoms with van der Waals surface area (Å²) in [5.74, 6) is -0.373. The molecule has 0 saturated heterocycles. The number of sulfone groups is 1. The molecular formula is C17H15ClN2O6S. The zero-order valence-corrected chi connectivity index (χ0v) is 15.7. The number of amides is 2. The fourth-order valence-corrected chi connectivity index (χ4v) is 3.20. The molecular weight excluding hydrogens is 396 g/mol. The third-order valence-corrected chi connectivity index (χ3v) is 5.14. The maximum Gasteiger partial charge on any atom is 0.271 e. The minimum Gasteiger partial charge on any atom is -0.486 e. The van der Waals surface area contributed by atoms with E-state index in [9.17, 15) is 18.0 Å². The van der Waals surface area contributed by atoms with Crippen molar-refractivity contribution in [3.63, 3.8) is 0 Å². The van der Waals surface area contributed by atoms with E-state index in [1.165, 1.54) is 24.3 Å². The molecule has 142 valence electrons. The molecule has 8 nitrogen and oxygen atoms in total. The zero-order valence-electron chi connectivity index (χ0n) is 14.1. The second-order valence-corrected chi connectivity index (χ2v) is 8.10. The first-order chi connectivity index (χ1) is 12.8. The van der Waals surface area contributed by atoms with Gasteiger partial charge in [-0.25, -0.2) is 8.42 Å². The first-order valence-corrected chi connectivity index (χ1v) is 10.0. The topological polar surface area (TPSA) is 111 Å². The number of hydrogen-bond donors (Lipinski definition) is 2. The van der Waals surface area contributed by atoms with Gasteiger partial charge in [-0.15, -0.1) is 0 Å². The Kier molecular flexibility index (Phi) is 5.24. The van der Waals surface area contributed by atoms with Gasteiger partial charge in [0.2, 0.25) is 0 Å². The van der Waals surface area contributed by atoms with E-state index in [0.717, 1.165) is 12.3 Å². The predicted octanol–water partition coefficient (Wildman–Crippen LogP) is 1.59. The number of benzene rings is 2. The highest BCUT2D eigenvalue weighted by molar-refractivity contribution is 7.90. The van der Waals surface area contributed by atoms with Crippen LogP contribution in [0, 0.1) is 0 Å². The van der Waals surface area contributed by atoms with Crippen LogP contribution in [0.25, 0.3) is 0 Å². The van der Waals surface area contributed by atoms with E-state index in [1.807, 2.05) is 0 Å². The number of carbonyl (C=O) groups is 2. The summed E-state index contributed by atoms with van der Waals surface area (Å²) in [6, 6.07) is 8.35. The normalized spacial score (nSPS) is 13.0. The standard InChI is InChI=1S/C17H15ClN2O6S/c1-27(23,24)11-3-4-13(18)12(9-11)17(22)20-19-16(21)10-2-5-14-15(8-10)26-7-6-25-14/h2-5,8-9H,6-7H2,1H3,(H,19,21)(H,20,22). The molecule has 2 aromatic rings. The van der Waals surface area contributed by atoms with E-state index in [-0.39, 0.29) is 21.0 Å². The maximum absolute atomic E-state index is 12.3. The quantitative estimate of drug-likeness (QED) is 0.743. The molecule has 0 unspecified atom stereocenters. The molecule has 1 heterocycles. The van der Waals surface area contributed by atoms with Crippen LogP contribution in [0.3, 0.4) is 0 Å². The molecule has 2 amide bonds. The Labute approximate surface area is 160 Å². The van der Waals surface area contributed by atoms with Gasteiger partial charge in [0.25, 0.3) is 11.8 Å². The number of ether oxygens (including phenoxy) is 2. The Morgan fingerprint density at radius 1 is 0.963 bits per heavy atom. The van der Waals surface area contributed by atoms with Crippen LogP contribution in [0.2, 0.25) is 5.02 Å². The average Bonchev–Trinajstić information content (AvgIpc) is 2.64. The van der Waals surface area contributed by atoms with Gasteiger partial charge in [-0.3, -0.25) is 20.4 Å². The van der Waals surface area contributed by atoms with Crippen LogP contribution in [0.1, 0.15) is 20.7 Å². The molecule has 0 aliphatic carbocycles. The van der Waals surface area contributed by atoms with E-state index >= 15 is 0 Å². The monoisotopic (exact) mass is 410 g/mol. The number of rotatable bonds is 3. The molecule has 2 aromatic carbocycles. The molecule has 1 aliphatic rings. The summed E-state index contributed by atoms with van der Waals surface area (Å²) in [6.07, 6.45) is 1.02. The molecule has 0 fully saturated rings. The molecule has 0 bridgehead atoms. The summed E-state index contributed by atoms with van der Waals surface area (Å²) in [6.45, 7) is 0.811. The van der Waals surface area contributed by atoms with Crippen molar-refractivity contribution >= 4 is 33.3 Å². The fourth-order valence-electron chi connectivity index (χ4n) is 2.35. The van der Waals surface area contributed by atoms with Crippen molar-refractivity contribution in [3.8, 4) is 11.5 Å². The second-order valence-electron chi connectivity index (χ2n) is 5.68. The lowest BCUT2D eigenvalue weighted by molar-refractivity contribution is 0.0846. The van der Waals surface area contributed by atoms with Crippen LogP contribution in [-0.2, 0) is 9.84 Å². The minimum atomic E-state index is -3.51. The Balaban J connectivity index is 1.71. The fraction of sp³-hybridized carbons (Fsp3) is 0.176. The van der Waals surface area contributed by atoms with Crippen LogP contribution in [0.5, 0.6) is 11.5 Å². The lowest BCUT2D eigenvalue weighted by Gasteiger charge is -2.18. The number of carbonyl (C=O) groups excluding carboxylic acids is 2. The lowest BCUT2D eigenvalue weighted by atomic mass is 10.2. The Bertz CT molecular complexity index is 1020. The van der Waals surface area contributed by atoms with E-state index in [0.29, 0.717) is 24.7 Å². The van der Waals surface area contributed by atoms with Gasteiger partial charge < -0.3 is 9.47 Å². The molecule has 3 rings (SSSR count). The third kappa shape index (κ3) is 4.32. The van der Waals surface area contributed by atoms with Gasteiger partial charge in [0.1, 0.15) is 13.2 Å². The van der Waals surface area contributed by atoms with Gasteiger partial charge >= 0.3 is 0 Å². The molecule has 0 aromatic heterocycles. The van der Waals surface area contributed by atoms with E-state index in [2.05, 4.69) is 10.9 Å². The van der Waals surface area contributed by atoms with E-state index in [1.54, 1.807) is 6.07 Å². The van der Waals surface area contributed by atoms with Crippen LogP contribution in [0.15, 0.2) is 41.3 Å². The van der Waals surface area contributed by atoms with Crippen LogP contribution in [-0.4, -0.2) is 39.7 Å². The van der Waals surface area contributed by atoms with Gasteiger partial charge in [-0.05, 0) is 36.4 Å². The van der Waals surface area contributed by atoms with Gasteiger partial charge in [0.15, 0.2) is 21.3 Å².